The van der Waals surface area contributed by atoms with Crippen LogP contribution < -0.4 is 5.32 Å². The van der Waals surface area contributed by atoms with E-state index >= 15 is 0 Å². The topological polar surface area (TPSA) is 55.8 Å². The van der Waals surface area contributed by atoms with Crippen LogP contribution in [0.15, 0.2) is 0 Å². The third-order valence-electron chi connectivity index (χ3n) is 3.36. The van der Waals surface area contributed by atoms with Gasteiger partial charge < -0.3 is 20.2 Å². The summed E-state index contributed by atoms with van der Waals surface area (Å²) in [6.45, 7) is 5.94. The molecule has 0 bridgehead atoms. The summed E-state index contributed by atoms with van der Waals surface area (Å²) >= 11 is 0. The van der Waals surface area contributed by atoms with Crippen LogP contribution >= 0.6 is 0 Å². The smallest absolute Gasteiger partial charge is 0.223 e. The average Bonchev–Trinajstić information content (AvgIpc) is 2.73. The van der Waals surface area contributed by atoms with Crippen molar-refractivity contribution < 1.29 is 9.90 Å². The lowest BCUT2D eigenvalue weighted by molar-refractivity contribution is -0.132. The molecule has 0 saturated carbocycles. The minimum atomic E-state index is -0.186. The van der Waals surface area contributed by atoms with Gasteiger partial charge in [-0.25, -0.2) is 0 Å². The minimum absolute atomic E-state index is 0.186. The number of carbonyl (C=O) groups excluding carboxylic acids is 1. The predicted octanol–water partition coefficient (Wildman–Crippen LogP) is -1.13. The van der Waals surface area contributed by atoms with Gasteiger partial charge in [0.05, 0.1) is 6.10 Å². The molecule has 2 fully saturated rings. The number of aliphatic hydroxyl groups is 1. The lowest BCUT2D eigenvalue weighted by atomic mass is 10.3. The number of nitrogens with zero attached hydrogens (tertiary/aromatic N) is 2. The second-order valence-electron chi connectivity index (χ2n) is 4.62. The molecule has 2 heterocycles. The molecule has 1 amide bonds. The standard InChI is InChI=1S/C11H21N3O2/c15-10-1-5-13(9-10)6-2-11(16)14-7-3-12-4-8-14/h10,12,15H,1-9H2. The fourth-order valence-electron chi connectivity index (χ4n) is 2.34. The maximum atomic E-state index is 11.8. The van der Waals surface area contributed by atoms with Crippen molar-refractivity contribution >= 4 is 5.91 Å². The van der Waals surface area contributed by atoms with E-state index in [1.54, 1.807) is 0 Å². The van der Waals surface area contributed by atoms with Crippen LogP contribution in [0.5, 0.6) is 0 Å². The molecular formula is C11H21N3O2. The van der Waals surface area contributed by atoms with Crippen LogP contribution in [0.2, 0.25) is 0 Å². The Morgan fingerprint density at radius 1 is 1.31 bits per heavy atom. The Morgan fingerprint density at radius 3 is 2.69 bits per heavy atom. The van der Waals surface area contributed by atoms with Crippen LogP contribution in [0.3, 0.4) is 0 Å². The molecule has 5 heteroatoms. The van der Waals surface area contributed by atoms with E-state index in [1.165, 1.54) is 0 Å². The van der Waals surface area contributed by atoms with Gasteiger partial charge in [0.25, 0.3) is 0 Å². The molecule has 0 radical (unpaired) electrons. The maximum absolute atomic E-state index is 11.8. The number of likely N-dealkylation sites (tertiary alicyclic amines) is 1. The number of β-amino-alcohol motifs (C(OH)–C–C–N with tert-alkyl or cyclic N) is 1. The minimum Gasteiger partial charge on any atom is -0.392 e. The van der Waals surface area contributed by atoms with Crippen LogP contribution in [0, 0.1) is 0 Å². The summed E-state index contributed by atoms with van der Waals surface area (Å²) in [6, 6.07) is 0. The fourth-order valence-corrected chi connectivity index (χ4v) is 2.34. The zero-order valence-corrected chi connectivity index (χ0v) is 9.69. The molecule has 0 spiro atoms. The number of aliphatic hydroxyl groups excluding tert-OH is 1. The highest BCUT2D eigenvalue weighted by molar-refractivity contribution is 5.76. The summed E-state index contributed by atoms with van der Waals surface area (Å²) in [6.07, 6.45) is 1.25. The Hall–Kier alpha value is -0.650. The molecule has 0 aromatic rings. The second-order valence-corrected chi connectivity index (χ2v) is 4.62. The van der Waals surface area contributed by atoms with Gasteiger partial charge in [-0.3, -0.25) is 4.79 Å². The quantitative estimate of drug-likeness (QED) is 0.641. The van der Waals surface area contributed by atoms with Crippen molar-refractivity contribution in [3.8, 4) is 0 Å². The third-order valence-corrected chi connectivity index (χ3v) is 3.36. The molecule has 16 heavy (non-hydrogen) atoms. The molecule has 2 rings (SSSR count). The molecule has 2 saturated heterocycles. The van der Waals surface area contributed by atoms with E-state index in [0.29, 0.717) is 6.42 Å². The Labute approximate surface area is 96.4 Å². The van der Waals surface area contributed by atoms with E-state index in [9.17, 15) is 9.90 Å². The highest BCUT2D eigenvalue weighted by atomic mass is 16.3. The SMILES string of the molecule is O=C(CCN1CCC(O)C1)N1CCNCC1. The normalized spacial score (nSPS) is 27.3. The lowest BCUT2D eigenvalue weighted by Gasteiger charge is -2.28. The molecule has 2 aliphatic rings. The van der Waals surface area contributed by atoms with Crippen molar-refractivity contribution in [1.29, 1.82) is 0 Å². The van der Waals surface area contributed by atoms with Crippen LogP contribution in [-0.2, 0) is 4.79 Å². The summed E-state index contributed by atoms with van der Waals surface area (Å²) in [4.78, 5) is 16.0. The van der Waals surface area contributed by atoms with Gasteiger partial charge in [0.15, 0.2) is 0 Å². The second kappa shape index (κ2) is 5.61. The zero-order valence-electron chi connectivity index (χ0n) is 9.69. The van der Waals surface area contributed by atoms with Crippen molar-refractivity contribution in [1.82, 2.24) is 15.1 Å². The summed E-state index contributed by atoms with van der Waals surface area (Å²) in [5.41, 5.74) is 0. The number of amides is 1. The van der Waals surface area contributed by atoms with Gasteiger partial charge in [-0.2, -0.15) is 0 Å². The number of hydrogen-bond donors (Lipinski definition) is 2. The number of rotatable bonds is 3. The number of piperazine rings is 1. The molecule has 2 aliphatic heterocycles. The van der Waals surface area contributed by atoms with Crippen molar-refractivity contribution in [3.05, 3.63) is 0 Å². The van der Waals surface area contributed by atoms with E-state index in [1.807, 2.05) is 4.90 Å². The van der Waals surface area contributed by atoms with Crippen molar-refractivity contribution in [3.63, 3.8) is 0 Å². The van der Waals surface area contributed by atoms with Gasteiger partial charge >= 0.3 is 0 Å². The average molecular weight is 227 g/mol. The first-order valence-corrected chi connectivity index (χ1v) is 6.14. The first kappa shape index (κ1) is 11.8. The van der Waals surface area contributed by atoms with Gasteiger partial charge in [0.2, 0.25) is 5.91 Å². The maximum Gasteiger partial charge on any atom is 0.223 e. The van der Waals surface area contributed by atoms with Crippen molar-refractivity contribution in [2.75, 3.05) is 45.8 Å². The summed E-state index contributed by atoms with van der Waals surface area (Å²) in [5.74, 6) is 0.253. The van der Waals surface area contributed by atoms with Gasteiger partial charge in [-0.15, -0.1) is 0 Å². The monoisotopic (exact) mass is 227 g/mol. The predicted molar refractivity (Wildman–Crippen MR) is 61.1 cm³/mol. The molecule has 1 unspecified atom stereocenters. The third kappa shape index (κ3) is 3.17. The van der Waals surface area contributed by atoms with Gasteiger partial charge in [-0.05, 0) is 6.42 Å². The Kier molecular flexibility index (Phi) is 4.15. The zero-order chi connectivity index (χ0) is 11.4. The van der Waals surface area contributed by atoms with Crippen molar-refractivity contribution in [2.24, 2.45) is 0 Å². The highest BCUT2D eigenvalue weighted by Gasteiger charge is 2.22. The summed E-state index contributed by atoms with van der Waals surface area (Å²) in [5, 5.41) is 12.6. The fraction of sp³-hybridized carbons (Fsp3) is 0.909. The van der Waals surface area contributed by atoms with Gasteiger partial charge in [0, 0.05) is 52.2 Å². The van der Waals surface area contributed by atoms with E-state index in [0.717, 1.165) is 52.2 Å². The van der Waals surface area contributed by atoms with Crippen LogP contribution in [0.4, 0.5) is 0 Å². The Morgan fingerprint density at radius 2 is 2.06 bits per heavy atom. The molecule has 2 N–H and O–H groups in total. The number of nitrogens with one attached hydrogen (secondary N) is 1. The molecular weight excluding hydrogens is 206 g/mol. The van der Waals surface area contributed by atoms with Crippen LogP contribution in [-0.4, -0.2) is 72.7 Å². The van der Waals surface area contributed by atoms with E-state index < -0.39 is 0 Å². The first-order chi connectivity index (χ1) is 7.75. The summed E-state index contributed by atoms with van der Waals surface area (Å²) < 4.78 is 0. The molecule has 92 valence electrons. The lowest BCUT2D eigenvalue weighted by Crippen LogP contribution is -2.47. The molecule has 0 aliphatic carbocycles. The molecule has 5 nitrogen and oxygen atoms in total. The van der Waals surface area contributed by atoms with E-state index in [4.69, 9.17) is 0 Å². The van der Waals surface area contributed by atoms with Gasteiger partial charge in [-0.1, -0.05) is 0 Å². The largest absolute Gasteiger partial charge is 0.392 e. The van der Waals surface area contributed by atoms with E-state index in [2.05, 4.69) is 10.2 Å². The first-order valence-electron chi connectivity index (χ1n) is 6.14. The van der Waals surface area contributed by atoms with Crippen LogP contribution in [0.1, 0.15) is 12.8 Å². The number of carbonyl (C=O) groups is 1. The number of hydrogen-bond acceptors (Lipinski definition) is 4. The van der Waals surface area contributed by atoms with Crippen molar-refractivity contribution in [2.45, 2.75) is 18.9 Å². The van der Waals surface area contributed by atoms with Crippen LogP contribution in [0.25, 0.3) is 0 Å². The van der Waals surface area contributed by atoms with Gasteiger partial charge in [0.1, 0.15) is 0 Å². The highest BCUT2D eigenvalue weighted by Crippen LogP contribution is 2.09. The molecule has 0 aromatic heterocycles. The van der Waals surface area contributed by atoms with E-state index in [-0.39, 0.29) is 12.0 Å². The Balaban J connectivity index is 1.66. The Bertz CT molecular complexity index is 241. The molecule has 0 aromatic carbocycles. The summed E-state index contributed by atoms with van der Waals surface area (Å²) in [7, 11) is 0. The molecule has 1 atom stereocenters.